The van der Waals surface area contributed by atoms with E-state index in [4.69, 9.17) is 21.3 Å². The maximum atomic E-state index is 6.09. The lowest BCUT2D eigenvalue weighted by molar-refractivity contribution is 0.414. The van der Waals surface area contributed by atoms with Gasteiger partial charge in [-0.05, 0) is 18.6 Å². The molecule has 0 radical (unpaired) electrons. The summed E-state index contributed by atoms with van der Waals surface area (Å²) in [6.45, 7) is 2.08. The van der Waals surface area contributed by atoms with Crippen LogP contribution in [0.1, 0.15) is 6.42 Å². The molecule has 21 heavy (non-hydrogen) atoms. The molecular weight excluding hydrogens is 286 g/mol. The van der Waals surface area contributed by atoms with Crippen LogP contribution in [0.15, 0.2) is 30.3 Å². The molecule has 1 aromatic carbocycles. The number of nitrogens with one attached hydrogen (secondary N) is 1. The van der Waals surface area contributed by atoms with Gasteiger partial charge in [-0.1, -0.05) is 23.7 Å². The van der Waals surface area contributed by atoms with Gasteiger partial charge in [0, 0.05) is 35.8 Å². The Labute approximate surface area is 128 Å². The Kier molecular flexibility index (Phi) is 2.93. The predicted molar refractivity (Wildman–Crippen MR) is 85.5 cm³/mol. The summed E-state index contributed by atoms with van der Waals surface area (Å²) in [4.78, 5) is 7.13. The van der Waals surface area contributed by atoms with E-state index in [0.29, 0.717) is 11.1 Å². The van der Waals surface area contributed by atoms with E-state index in [9.17, 15) is 0 Å². The van der Waals surface area contributed by atoms with E-state index in [-0.39, 0.29) is 0 Å². The first-order chi connectivity index (χ1) is 10.2. The first kappa shape index (κ1) is 12.8. The number of rotatable bonds is 2. The van der Waals surface area contributed by atoms with Gasteiger partial charge in [0.15, 0.2) is 5.82 Å². The predicted octanol–water partition coefficient (Wildman–Crippen LogP) is 3.41. The van der Waals surface area contributed by atoms with Crippen molar-refractivity contribution in [3.63, 3.8) is 0 Å². The van der Waals surface area contributed by atoms with Crippen LogP contribution in [-0.2, 0) is 0 Å². The molecule has 2 bridgehead atoms. The summed E-state index contributed by atoms with van der Waals surface area (Å²) in [7, 11) is 1.71. The highest BCUT2D eigenvalue weighted by Crippen LogP contribution is 2.43. The average Bonchev–Trinajstić information content (AvgIpc) is 2.88. The van der Waals surface area contributed by atoms with Crippen LogP contribution in [0.3, 0.4) is 0 Å². The van der Waals surface area contributed by atoms with Crippen LogP contribution in [0.5, 0.6) is 5.75 Å². The molecular formula is C16H16ClN3O. The number of nitrogens with zero attached hydrogens (tertiary/aromatic N) is 2. The maximum absolute atomic E-state index is 6.09. The molecule has 2 aliphatic heterocycles. The van der Waals surface area contributed by atoms with Gasteiger partial charge in [0.05, 0.1) is 12.8 Å². The zero-order chi connectivity index (χ0) is 14.4. The largest absolute Gasteiger partial charge is 0.494 e. The van der Waals surface area contributed by atoms with Gasteiger partial charge < -0.3 is 15.0 Å². The first-order valence-corrected chi connectivity index (χ1v) is 7.49. The van der Waals surface area contributed by atoms with Crippen molar-refractivity contribution in [3.8, 4) is 17.0 Å². The molecule has 0 aliphatic carbocycles. The van der Waals surface area contributed by atoms with Crippen molar-refractivity contribution in [3.05, 3.63) is 35.4 Å². The lowest BCUT2D eigenvalue weighted by Crippen LogP contribution is -2.32. The SMILES string of the molecule is COc1cc(-c2cccc(Cl)c2)nc2c1N1CC[C@@H](C1)N2. The van der Waals surface area contributed by atoms with Crippen molar-refractivity contribution in [1.29, 1.82) is 0 Å². The van der Waals surface area contributed by atoms with E-state index in [1.165, 1.54) is 0 Å². The van der Waals surface area contributed by atoms with E-state index in [1.54, 1.807) is 7.11 Å². The van der Waals surface area contributed by atoms with Gasteiger partial charge in [0.25, 0.3) is 0 Å². The molecule has 1 atom stereocenters. The Balaban J connectivity index is 1.86. The van der Waals surface area contributed by atoms with Gasteiger partial charge in [0.1, 0.15) is 11.4 Å². The third kappa shape index (κ3) is 2.10. The number of methoxy groups -OCH3 is 1. The second kappa shape index (κ2) is 4.81. The second-order valence-electron chi connectivity index (χ2n) is 5.49. The Hall–Kier alpha value is -1.94. The highest BCUT2D eigenvalue weighted by molar-refractivity contribution is 6.30. The van der Waals surface area contributed by atoms with Crippen molar-refractivity contribution in [1.82, 2.24) is 4.98 Å². The molecule has 0 spiro atoms. The topological polar surface area (TPSA) is 37.4 Å². The number of anilines is 2. The lowest BCUT2D eigenvalue weighted by Gasteiger charge is -2.29. The number of hydrogen-bond acceptors (Lipinski definition) is 4. The van der Waals surface area contributed by atoms with Crippen LogP contribution in [0, 0.1) is 0 Å². The van der Waals surface area contributed by atoms with Crippen molar-refractivity contribution >= 4 is 23.1 Å². The van der Waals surface area contributed by atoms with E-state index in [2.05, 4.69) is 10.2 Å². The van der Waals surface area contributed by atoms with Crippen molar-refractivity contribution < 1.29 is 4.74 Å². The standard InChI is InChI=1S/C16H16ClN3O/c1-21-14-8-13(10-3-2-4-11(17)7-10)19-16-15(14)20-6-5-12(9-20)18-16/h2-4,7-8,12H,5-6,9H2,1H3,(H,18,19)/t12-/m0/s1. The second-order valence-corrected chi connectivity index (χ2v) is 5.93. The molecule has 1 N–H and O–H groups in total. The first-order valence-electron chi connectivity index (χ1n) is 7.11. The molecule has 2 aromatic rings. The van der Waals surface area contributed by atoms with Gasteiger partial charge in [-0.15, -0.1) is 0 Å². The molecule has 0 amide bonds. The van der Waals surface area contributed by atoms with Crippen LogP contribution in [0.2, 0.25) is 5.02 Å². The number of hydrogen-bond donors (Lipinski definition) is 1. The van der Waals surface area contributed by atoms with Crippen molar-refractivity contribution in [2.24, 2.45) is 0 Å². The van der Waals surface area contributed by atoms with E-state index < -0.39 is 0 Å². The van der Waals surface area contributed by atoms with Crippen LogP contribution >= 0.6 is 11.6 Å². The average molecular weight is 302 g/mol. The molecule has 0 unspecified atom stereocenters. The van der Waals surface area contributed by atoms with E-state index in [1.807, 2.05) is 30.3 Å². The van der Waals surface area contributed by atoms with Crippen molar-refractivity contribution in [2.75, 3.05) is 30.4 Å². The number of aromatic nitrogens is 1. The normalized spacial score (nSPS) is 19.1. The van der Waals surface area contributed by atoms with Crippen LogP contribution in [0.4, 0.5) is 11.5 Å². The number of pyridine rings is 1. The van der Waals surface area contributed by atoms with Gasteiger partial charge >= 0.3 is 0 Å². The summed E-state index contributed by atoms with van der Waals surface area (Å²) in [6, 6.07) is 10.2. The molecule has 4 rings (SSSR count). The summed E-state index contributed by atoms with van der Waals surface area (Å²) in [5.41, 5.74) is 2.96. The fraction of sp³-hybridized carbons (Fsp3) is 0.312. The quantitative estimate of drug-likeness (QED) is 0.922. The van der Waals surface area contributed by atoms with Gasteiger partial charge in [-0.3, -0.25) is 0 Å². The Morgan fingerprint density at radius 1 is 1.38 bits per heavy atom. The summed E-state index contributed by atoms with van der Waals surface area (Å²) in [5.74, 6) is 1.78. The number of fused-ring (bicyclic) bond motifs is 4. The van der Waals surface area contributed by atoms with Gasteiger partial charge in [-0.25, -0.2) is 4.98 Å². The van der Waals surface area contributed by atoms with E-state index >= 15 is 0 Å². The molecule has 108 valence electrons. The Bertz CT molecular complexity index is 704. The van der Waals surface area contributed by atoms with Crippen molar-refractivity contribution in [2.45, 2.75) is 12.5 Å². The smallest absolute Gasteiger partial charge is 0.154 e. The van der Waals surface area contributed by atoms with Crippen LogP contribution in [0.25, 0.3) is 11.3 Å². The number of halogens is 1. The third-order valence-electron chi connectivity index (χ3n) is 4.14. The minimum Gasteiger partial charge on any atom is -0.494 e. The fourth-order valence-electron chi connectivity index (χ4n) is 3.15. The van der Waals surface area contributed by atoms with Gasteiger partial charge in [-0.2, -0.15) is 0 Å². The Morgan fingerprint density at radius 3 is 3.10 bits per heavy atom. The minimum atomic E-state index is 0.490. The minimum absolute atomic E-state index is 0.490. The zero-order valence-electron chi connectivity index (χ0n) is 11.8. The Morgan fingerprint density at radius 2 is 2.29 bits per heavy atom. The molecule has 0 saturated carbocycles. The monoisotopic (exact) mass is 301 g/mol. The maximum Gasteiger partial charge on any atom is 0.154 e. The van der Waals surface area contributed by atoms with Crippen LogP contribution in [-0.4, -0.2) is 31.2 Å². The van der Waals surface area contributed by atoms with E-state index in [0.717, 1.165) is 48.0 Å². The van der Waals surface area contributed by atoms with Gasteiger partial charge in [0.2, 0.25) is 0 Å². The summed E-state index contributed by atoms with van der Waals surface area (Å²) < 4.78 is 5.60. The lowest BCUT2D eigenvalue weighted by atomic mass is 10.1. The molecule has 3 heterocycles. The molecule has 4 nitrogen and oxygen atoms in total. The zero-order valence-corrected chi connectivity index (χ0v) is 12.5. The summed E-state index contributed by atoms with van der Waals surface area (Å²) in [6.07, 6.45) is 1.14. The highest BCUT2D eigenvalue weighted by atomic mass is 35.5. The van der Waals surface area contributed by atoms with Crippen LogP contribution < -0.4 is 15.0 Å². The fourth-order valence-corrected chi connectivity index (χ4v) is 3.34. The number of ether oxygens (including phenoxy) is 1. The number of benzene rings is 1. The molecule has 5 heteroatoms. The molecule has 1 fully saturated rings. The summed E-state index contributed by atoms with van der Waals surface area (Å²) in [5, 5.41) is 4.23. The third-order valence-corrected chi connectivity index (χ3v) is 4.38. The highest BCUT2D eigenvalue weighted by Gasteiger charge is 2.33. The molecule has 1 saturated heterocycles. The molecule has 1 aromatic heterocycles. The summed E-state index contributed by atoms with van der Waals surface area (Å²) >= 11 is 6.09. The molecule has 2 aliphatic rings.